The van der Waals surface area contributed by atoms with Crippen LogP contribution in [-0.2, 0) is 13.7 Å². The number of hydrogen-bond donors (Lipinski definition) is 1. The van der Waals surface area contributed by atoms with Gasteiger partial charge < -0.3 is 14.6 Å². The maximum atomic E-state index is 14.9. The van der Waals surface area contributed by atoms with Gasteiger partial charge in [-0.3, -0.25) is 4.79 Å². The van der Waals surface area contributed by atoms with Crippen molar-refractivity contribution >= 4 is 11.6 Å². The van der Waals surface area contributed by atoms with Crippen LogP contribution in [0.25, 0.3) is 0 Å². The third-order valence-electron chi connectivity index (χ3n) is 4.58. The molecular formula is C19H16F2N4O2. The standard InChI is InChI=1S/C19H16F2N4O2/c1-25-8-7-22-15(25)10-27-14-5-4-13(20)16(17(14)21)18(26)12-9-24-19-11(12)3-2-6-23-19/h2-8,12H,9-10H2,1H3,(H,23,24). The lowest BCUT2D eigenvalue weighted by molar-refractivity contribution is 0.0957. The molecule has 6 nitrogen and oxygen atoms in total. The minimum atomic E-state index is -1.01. The van der Waals surface area contributed by atoms with E-state index in [4.69, 9.17) is 4.74 Å². The van der Waals surface area contributed by atoms with Crippen LogP contribution < -0.4 is 10.1 Å². The number of fused-ring (bicyclic) bond motifs is 1. The first kappa shape index (κ1) is 17.1. The highest BCUT2D eigenvalue weighted by atomic mass is 19.1. The van der Waals surface area contributed by atoms with Crippen LogP contribution >= 0.6 is 0 Å². The second kappa shape index (κ2) is 6.79. The van der Waals surface area contributed by atoms with Crippen molar-refractivity contribution in [1.82, 2.24) is 14.5 Å². The number of aryl methyl sites for hydroxylation is 1. The van der Waals surface area contributed by atoms with Crippen molar-refractivity contribution in [3.8, 4) is 5.75 Å². The summed E-state index contributed by atoms with van der Waals surface area (Å²) in [5.74, 6) is -2.34. The number of pyridine rings is 1. The number of halogens is 2. The Balaban J connectivity index is 1.63. The largest absolute Gasteiger partial charge is 0.483 e. The molecule has 1 N–H and O–H groups in total. The second-order valence-electron chi connectivity index (χ2n) is 6.22. The van der Waals surface area contributed by atoms with Crippen LogP contribution in [0.5, 0.6) is 5.75 Å². The fraction of sp³-hybridized carbons (Fsp3) is 0.211. The first-order valence-corrected chi connectivity index (χ1v) is 8.36. The number of benzene rings is 1. The highest BCUT2D eigenvalue weighted by molar-refractivity contribution is 6.03. The first-order chi connectivity index (χ1) is 13.1. The van der Waals surface area contributed by atoms with Gasteiger partial charge in [-0.2, -0.15) is 0 Å². The van der Waals surface area contributed by atoms with E-state index in [1.165, 1.54) is 6.07 Å². The molecule has 3 aromatic rings. The van der Waals surface area contributed by atoms with Crippen LogP contribution in [0.15, 0.2) is 42.9 Å². The lowest BCUT2D eigenvalue weighted by Gasteiger charge is -2.13. The molecule has 0 saturated heterocycles. The van der Waals surface area contributed by atoms with E-state index in [1.807, 2.05) is 0 Å². The van der Waals surface area contributed by atoms with Crippen molar-refractivity contribution in [2.75, 3.05) is 11.9 Å². The van der Waals surface area contributed by atoms with Crippen molar-refractivity contribution in [3.63, 3.8) is 0 Å². The van der Waals surface area contributed by atoms with Crippen LogP contribution in [0.3, 0.4) is 0 Å². The van der Waals surface area contributed by atoms with Crippen molar-refractivity contribution in [1.29, 1.82) is 0 Å². The predicted molar refractivity (Wildman–Crippen MR) is 93.7 cm³/mol. The van der Waals surface area contributed by atoms with E-state index in [-0.39, 0.29) is 18.9 Å². The number of rotatable bonds is 5. The molecule has 0 fully saturated rings. The van der Waals surface area contributed by atoms with Gasteiger partial charge in [0.1, 0.15) is 24.1 Å². The van der Waals surface area contributed by atoms with Gasteiger partial charge in [0.15, 0.2) is 17.3 Å². The molecule has 8 heteroatoms. The predicted octanol–water partition coefficient (Wildman–Crippen LogP) is 3.06. The lowest BCUT2D eigenvalue weighted by atomic mass is 9.92. The highest BCUT2D eigenvalue weighted by Crippen LogP contribution is 2.34. The van der Waals surface area contributed by atoms with E-state index in [1.54, 1.807) is 42.3 Å². The molecule has 0 aliphatic carbocycles. The van der Waals surface area contributed by atoms with Crippen LogP contribution in [0.1, 0.15) is 27.7 Å². The zero-order valence-corrected chi connectivity index (χ0v) is 14.4. The van der Waals surface area contributed by atoms with Crippen LogP contribution in [0, 0.1) is 11.6 Å². The molecule has 1 atom stereocenters. The summed E-state index contributed by atoms with van der Waals surface area (Å²) in [7, 11) is 1.78. The molecule has 0 radical (unpaired) electrons. The quantitative estimate of drug-likeness (QED) is 0.699. The van der Waals surface area contributed by atoms with Crippen molar-refractivity contribution in [3.05, 3.63) is 71.4 Å². The Labute approximate surface area is 153 Å². The molecule has 27 heavy (non-hydrogen) atoms. The fourth-order valence-corrected chi connectivity index (χ4v) is 3.11. The van der Waals surface area contributed by atoms with Crippen LogP contribution in [-0.4, -0.2) is 26.9 Å². The van der Waals surface area contributed by atoms with Gasteiger partial charge in [0.05, 0.1) is 11.5 Å². The maximum absolute atomic E-state index is 14.9. The maximum Gasteiger partial charge on any atom is 0.178 e. The molecule has 1 aliphatic rings. The molecule has 1 aromatic carbocycles. The molecular weight excluding hydrogens is 354 g/mol. The fourth-order valence-electron chi connectivity index (χ4n) is 3.11. The third-order valence-corrected chi connectivity index (χ3v) is 4.58. The second-order valence-corrected chi connectivity index (χ2v) is 6.22. The normalized spacial score (nSPS) is 15.3. The van der Waals surface area contributed by atoms with E-state index < -0.39 is 28.9 Å². The minimum Gasteiger partial charge on any atom is -0.483 e. The highest BCUT2D eigenvalue weighted by Gasteiger charge is 2.34. The Bertz CT molecular complexity index is 1020. The number of hydrogen-bond acceptors (Lipinski definition) is 5. The number of ketones is 1. The molecule has 0 bridgehead atoms. The number of ether oxygens (including phenoxy) is 1. The Morgan fingerprint density at radius 1 is 1.30 bits per heavy atom. The summed E-state index contributed by atoms with van der Waals surface area (Å²) in [4.78, 5) is 21.1. The number of anilines is 1. The average molecular weight is 370 g/mol. The molecule has 0 saturated carbocycles. The first-order valence-electron chi connectivity index (χ1n) is 8.36. The summed E-state index contributed by atoms with van der Waals surface area (Å²) >= 11 is 0. The monoisotopic (exact) mass is 370 g/mol. The molecule has 138 valence electrons. The smallest absolute Gasteiger partial charge is 0.178 e. The van der Waals surface area contributed by atoms with Gasteiger partial charge in [0.2, 0.25) is 0 Å². The SMILES string of the molecule is Cn1ccnc1COc1ccc(F)c(C(=O)C2CNc3ncccc32)c1F. The third kappa shape index (κ3) is 3.03. The summed E-state index contributed by atoms with van der Waals surface area (Å²) < 4.78 is 36.4. The molecule has 1 unspecified atom stereocenters. The molecule has 0 amide bonds. The summed E-state index contributed by atoms with van der Waals surface area (Å²) in [5.41, 5.74) is 0.0245. The summed E-state index contributed by atoms with van der Waals surface area (Å²) in [6.07, 6.45) is 4.91. The van der Waals surface area contributed by atoms with E-state index >= 15 is 0 Å². The Morgan fingerprint density at radius 2 is 2.15 bits per heavy atom. The number of imidazole rings is 1. The zero-order valence-electron chi connectivity index (χ0n) is 14.4. The topological polar surface area (TPSA) is 69.0 Å². The zero-order chi connectivity index (χ0) is 19.0. The number of nitrogens with zero attached hydrogens (tertiary/aromatic N) is 3. The number of aromatic nitrogens is 3. The molecule has 4 rings (SSSR count). The van der Waals surface area contributed by atoms with Crippen LogP contribution in [0.2, 0.25) is 0 Å². The van der Waals surface area contributed by atoms with E-state index in [2.05, 4.69) is 15.3 Å². The number of nitrogens with one attached hydrogen (secondary N) is 1. The molecule has 3 heterocycles. The number of carbonyl (C=O) groups is 1. The number of carbonyl (C=O) groups excluding carboxylic acids is 1. The summed E-state index contributed by atoms with van der Waals surface area (Å²) in [5, 5.41) is 2.99. The average Bonchev–Trinajstić information content (AvgIpc) is 3.27. The molecule has 1 aliphatic heterocycles. The molecule has 2 aromatic heterocycles. The van der Waals surface area contributed by atoms with E-state index in [0.717, 1.165) is 6.07 Å². The Kier molecular flexibility index (Phi) is 4.31. The van der Waals surface area contributed by atoms with Gasteiger partial charge in [-0.05, 0) is 18.2 Å². The van der Waals surface area contributed by atoms with Gasteiger partial charge in [-0.1, -0.05) is 6.07 Å². The summed E-state index contributed by atoms with van der Waals surface area (Å²) in [6.45, 7) is 0.236. The molecule has 0 spiro atoms. The van der Waals surface area contributed by atoms with Crippen molar-refractivity contribution in [2.45, 2.75) is 12.5 Å². The minimum absolute atomic E-state index is 0.00256. The lowest BCUT2D eigenvalue weighted by Crippen LogP contribution is -2.18. The van der Waals surface area contributed by atoms with E-state index in [9.17, 15) is 13.6 Å². The van der Waals surface area contributed by atoms with Crippen molar-refractivity contribution in [2.24, 2.45) is 7.05 Å². The van der Waals surface area contributed by atoms with E-state index in [0.29, 0.717) is 17.2 Å². The van der Waals surface area contributed by atoms with Gasteiger partial charge in [-0.15, -0.1) is 0 Å². The van der Waals surface area contributed by atoms with Gasteiger partial charge >= 0.3 is 0 Å². The Morgan fingerprint density at radius 3 is 2.93 bits per heavy atom. The van der Waals surface area contributed by atoms with Crippen molar-refractivity contribution < 1.29 is 18.3 Å². The summed E-state index contributed by atoms with van der Waals surface area (Å²) in [6, 6.07) is 5.62. The van der Waals surface area contributed by atoms with Gasteiger partial charge in [0, 0.05) is 37.7 Å². The number of Topliss-reactive ketones (excluding diaryl/α,β-unsaturated/α-hetero) is 1. The van der Waals surface area contributed by atoms with Gasteiger partial charge in [0.25, 0.3) is 0 Å². The van der Waals surface area contributed by atoms with Gasteiger partial charge in [-0.25, -0.2) is 18.7 Å². The van der Waals surface area contributed by atoms with Crippen LogP contribution in [0.4, 0.5) is 14.6 Å². The Hall–Kier alpha value is -3.29.